The summed E-state index contributed by atoms with van der Waals surface area (Å²) in [6.07, 6.45) is 0.974. The van der Waals surface area contributed by atoms with Gasteiger partial charge < -0.3 is 0 Å². The maximum Gasteiger partial charge on any atom is 0.252 e. The molecule has 0 radical (unpaired) electrons. The van der Waals surface area contributed by atoms with Crippen LogP contribution < -0.4 is 4.90 Å². The van der Waals surface area contributed by atoms with Crippen LogP contribution in [0.25, 0.3) is 0 Å². The van der Waals surface area contributed by atoms with Crippen molar-refractivity contribution in [3.63, 3.8) is 0 Å². The number of halogens is 3. The predicted octanol–water partition coefficient (Wildman–Crippen LogP) is 4.13. The molecule has 2 aromatic carbocycles. The number of anilines is 1. The molecule has 1 heterocycles. The summed E-state index contributed by atoms with van der Waals surface area (Å²) in [7, 11) is -4.15. The highest BCUT2D eigenvalue weighted by Gasteiger charge is 2.52. The third-order valence-electron chi connectivity index (χ3n) is 4.87. The number of benzene rings is 2. The molecule has 1 saturated heterocycles. The normalized spacial score (nSPS) is 20.0. The Kier molecular flexibility index (Phi) is 5.38. The summed E-state index contributed by atoms with van der Waals surface area (Å²) in [5, 5.41) is 0.675. The van der Waals surface area contributed by atoms with Gasteiger partial charge in [-0.1, -0.05) is 34.8 Å². The number of hydrogen-bond donors (Lipinski definition) is 0. The number of imide groups is 1. The van der Waals surface area contributed by atoms with Crippen LogP contribution in [-0.2, 0) is 19.6 Å². The van der Waals surface area contributed by atoms with Gasteiger partial charge in [-0.05, 0) is 55.3 Å². The van der Waals surface area contributed by atoms with E-state index in [0.29, 0.717) is 23.6 Å². The average Bonchev–Trinajstić information content (AvgIpc) is 3.44. The molecule has 0 spiro atoms. The van der Waals surface area contributed by atoms with E-state index in [9.17, 15) is 18.0 Å². The minimum Gasteiger partial charge on any atom is -0.274 e. The Bertz CT molecular complexity index is 1100. The van der Waals surface area contributed by atoms with E-state index in [-0.39, 0.29) is 27.4 Å². The van der Waals surface area contributed by atoms with E-state index in [2.05, 4.69) is 0 Å². The number of carbonyl (C=O) groups is 2. The molecule has 2 aliphatic rings. The first-order chi connectivity index (χ1) is 13.7. The number of hydrogen-bond acceptors (Lipinski definition) is 4. The fourth-order valence-corrected chi connectivity index (χ4v) is 6.11. The van der Waals surface area contributed by atoms with Crippen molar-refractivity contribution >= 4 is 62.3 Å². The lowest BCUT2D eigenvalue weighted by Crippen LogP contribution is -2.46. The summed E-state index contributed by atoms with van der Waals surface area (Å²) < 4.78 is 27.9. The van der Waals surface area contributed by atoms with Crippen LogP contribution in [0.3, 0.4) is 0 Å². The lowest BCUT2D eigenvalue weighted by atomic mass is 10.2. The first kappa shape index (κ1) is 20.6. The molecule has 29 heavy (non-hydrogen) atoms. The third-order valence-corrected chi connectivity index (χ3v) is 7.80. The highest BCUT2D eigenvalue weighted by atomic mass is 35.5. The topological polar surface area (TPSA) is 74.8 Å². The predicted molar refractivity (Wildman–Crippen MR) is 111 cm³/mol. The summed E-state index contributed by atoms with van der Waals surface area (Å²) in [6.45, 7) is 0. The van der Waals surface area contributed by atoms with Crippen molar-refractivity contribution in [1.29, 1.82) is 0 Å². The average molecular weight is 474 g/mol. The second kappa shape index (κ2) is 7.56. The van der Waals surface area contributed by atoms with E-state index in [4.69, 9.17) is 34.8 Å². The van der Waals surface area contributed by atoms with Crippen LogP contribution in [0.15, 0.2) is 47.4 Å². The molecule has 1 aliphatic carbocycles. The van der Waals surface area contributed by atoms with Crippen LogP contribution in [0.2, 0.25) is 15.1 Å². The van der Waals surface area contributed by atoms with E-state index in [1.165, 1.54) is 18.2 Å². The van der Waals surface area contributed by atoms with Crippen molar-refractivity contribution in [3.05, 3.63) is 57.5 Å². The lowest BCUT2D eigenvalue weighted by Gasteiger charge is -2.27. The molecule has 152 valence electrons. The van der Waals surface area contributed by atoms with E-state index in [1.807, 2.05) is 0 Å². The van der Waals surface area contributed by atoms with Gasteiger partial charge in [0.05, 0.1) is 17.1 Å². The van der Waals surface area contributed by atoms with E-state index in [0.717, 1.165) is 9.21 Å². The van der Waals surface area contributed by atoms with Gasteiger partial charge in [-0.25, -0.2) is 13.3 Å². The molecule has 0 N–H and O–H groups in total. The zero-order chi connectivity index (χ0) is 20.9. The number of amides is 2. The van der Waals surface area contributed by atoms with Gasteiger partial charge in [0.25, 0.3) is 5.91 Å². The Hall–Kier alpha value is -1.64. The molecular weight excluding hydrogens is 459 g/mol. The first-order valence-electron chi connectivity index (χ1n) is 8.81. The quantitative estimate of drug-likeness (QED) is 0.612. The largest absolute Gasteiger partial charge is 0.274 e. The highest BCUT2D eigenvalue weighted by molar-refractivity contribution is 7.89. The van der Waals surface area contributed by atoms with Crippen LogP contribution >= 0.6 is 34.8 Å². The lowest BCUT2D eigenvalue weighted by molar-refractivity contribution is -0.122. The van der Waals surface area contributed by atoms with Crippen LogP contribution in [0, 0.1) is 0 Å². The van der Waals surface area contributed by atoms with Crippen LogP contribution in [0.4, 0.5) is 5.69 Å². The molecule has 10 heteroatoms. The van der Waals surface area contributed by atoms with Gasteiger partial charge in [-0.3, -0.25) is 9.59 Å². The van der Waals surface area contributed by atoms with Crippen molar-refractivity contribution < 1.29 is 18.0 Å². The SMILES string of the molecule is O=C1CC(N(C2CC2)S(=O)(=O)c2cc(Cl)ccc2Cl)C(=O)N1c1ccc(Cl)cc1. The molecule has 2 aromatic rings. The Balaban J connectivity index is 1.73. The Labute approximate surface area is 183 Å². The van der Waals surface area contributed by atoms with E-state index < -0.39 is 27.9 Å². The third kappa shape index (κ3) is 3.78. The van der Waals surface area contributed by atoms with Crippen molar-refractivity contribution in [2.45, 2.75) is 36.2 Å². The van der Waals surface area contributed by atoms with Gasteiger partial charge in [0.2, 0.25) is 15.9 Å². The fraction of sp³-hybridized carbons (Fsp3) is 0.263. The van der Waals surface area contributed by atoms with Gasteiger partial charge >= 0.3 is 0 Å². The monoisotopic (exact) mass is 472 g/mol. The van der Waals surface area contributed by atoms with Crippen molar-refractivity contribution in [2.75, 3.05) is 4.90 Å². The van der Waals surface area contributed by atoms with Gasteiger partial charge in [0, 0.05) is 16.1 Å². The van der Waals surface area contributed by atoms with Crippen molar-refractivity contribution in [2.24, 2.45) is 0 Å². The maximum absolute atomic E-state index is 13.4. The Morgan fingerprint density at radius 1 is 0.931 bits per heavy atom. The van der Waals surface area contributed by atoms with Gasteiger partial charge in [-0.2, -0.15) is 4.31 Å². The molecule has 0 bridgehead atoms. The summed E-state index contributed by atoms with van der Waals surface area (Å²) in [5.74, 6) is -1.06. The van der Waals surface area contributed by atoms with Crippen molar-refractivity contribution in [1.82, 2.24) is 4.31 Å². The molecule has 1 unspecified atom stereocenters. The Morgan fingerprint density at radius 2 is 1.55 bits per heavy atom. The molecule has 1 saturated carbocycles. The summed E-state index contributed by atoms with van der Waals surface area (Å²) in [4.78, 5) is 26.6. The molecule has 0 aromatic heterocycles. The molecule has 4 rings (SSSR count). The molecule has 1 aliphatic heterocycles. The second-order valence-electron chi connectivity index (χ2n) is 6.90. The van der Waals surface area contributed by atoms with E-state index in [1.54, 1.807) is 24.3 Å². The van der Waals surface area contributed by atoms with E-state index >= 15 is 0 Å². The number of sulfonamides is 1. The number of rotatable bonds is 5. The standard InChI is InChI=1S/C19H15Cl3N2O4S/c20-11-1-4-13(5-2-11)23-18(25)10-16(19(23)26)24(14-6-7-14)29(27,28)17-9-12(21)3-8-15(17)22/h1-5,8-9,14,16H,6-7,10H2. The highest BCUT2D eigenvalue weighted by Crippen LogP contribution is 2.40. The summed E-state index contributed by atoms with van der Waals surface area (Å²) in [6, 6.07) is 8.85. The minimum atomic E-state index is -4.15. The molecule has 2 amide bonds. The summed E-state index contributed by atoms with van der Waals surface area (Å²) >= 11 is 18.0. The van der Waals surface area contributed by atoms with Crippen molar-refractivity contribution in [3.8, 4) is 0 Å². The minimum absolute atomic E-state index is 0.00591. The van der Waals surface area contributed by atoms with Crippen LogP contribution in [0.1, 0.15) is 19.3 Å². The van der Waals surface area contributed by atoms with Crippen LogP contribution in [-0.4, -0.2) is 36.6 Å². The van der Waals surface area contributed by atoms with Gasteiger partial charge in [0.15, 0.2) is 0 Å². The molecule has 2 fully saturated rings. The van der Waals surface area contributed by atoms with Gasteiger partial charge in [-0.15, -0.1) is 0 Å². The Morgan fingerprint density at radius 3 is 2.17 bits per heavy atom. The second-order valence-corrected chi connectivity index (χ2v) is 10.00. The molecule has 1 atom stereocenters. The smallest absolute Gasteiger partial charge is 0.252 e. The molecular formula is C19H15Cl3N2O4S. The zero-order valence-corrected chi connectivity index (χ0v) is 18.0. The fourth-order valence-electron chi connectivity index (χ4n) is 3.41. The number of carbonyl (C=O) groups excluding carboxylic acids is 2. The first-order valence-corrected chi connectivity index (χ1v) is 11.4. The molecule has 6 nitrogen and oxygen atoms in total. The van der Waals surface area contributed by atoms with Crippen LogP contribution in [0.5, 0.6) is 0 Å². The summed E-state index contributed by atoms with van der Waals surface area (Å²) in [5.41, 5.74) is 0.348. The zero-order valence-electron chi connectivity index (χ0n) is 14.9. The maximum atomic E-state index is 13.4. The van der Waals surface area contributed by atoms with Gasteiger partial charge in [0.1, 0.15) is 10.9 Å². The number of nitrogens with zero attached hydrogens (tertiary/aromatic N) is 2.